The largest absolute Gasteiger partial charge is 0.480 e. The average Bonchev–Trinajstić information content (AvgIpc) is 3.01. The van der Waals surface area contributed by atoms with E-state index in [9.17, 15) is 4.79 Å². The minimum atomic E-state index is -0.0739. The Kier molecular flexibility index (Phi) is 4.76. The molecule has 2 aromatic heterocycles. The summed E-state index contributed by atoms with van der Waals surface area (Å²) in [6.45, 7) is 3.32. The van der Waals surface area contributed by atoms with Crippen molar-refractivity contribution in [1.82, 2.24) is 14.9 Å². The number of carbonyl (C=O) groups excluding carboxylic acids is 1. The van der Waals surface area contributed by atoms with Crippen molar-refractivity contribution >= 4 is 17.2 Å². The second-order valence-corrected chi connectivity index (χ2v) is 6.43. The number of likely N-dealkylation sites (tertiary alicyclic amines) is 1. The van der Waals surface area contributed by atoms with Gasteiger partial charge in [0.1, 0.15) is 6.10 Å². The van der Waals surface area contributed by atoms with Gasteiger partial charge in [-0.3, -0.25) is 9.78 Å². The summed E-state index contributed by atoms with van der Waals surface area (Å²) in [6, 6.07) is 1.94. The molecule has 3 rings (SSSR count). The molecule has 0 radical (unpaired) electrons. The Balaban J connectivity index is 1.64. The molecule has 0 saturated carbocycles. The van der Waals surface area contributed by atoms with E-state index in [0.717, 1.165) is 29.8 Å². The molecule has 0 N–H and O–H groups in total. The Morgan fingerprint density at radius 2 is 2.22 bits per heavy atom. The number of ether oxygens (including phenoxy) is 2. The third-order valence-corrected chi connectivity index (χ3v) is 4.73. The lowest BCUT2D eigenvalue weighted by Gasteiger charge is -2.32. The van der Waals surface area contributed by atoms with Gasteiger partial charge in [0.05, 0.1) is 30.9 Å². The van der Waals surface area contributed by atoms with Crippen molar-refractivity contribution in [3.63, 3.8) is 0 Å². The molecule has 3 heterocycles. The predicted molar refractivity (Wildman–Crippen MR) is 87.2 cm³/mol. The molecule has 1 aliphatic heterocycles. The van der Waals surface area contributed by atoms with Gasteiger partial charge in [-0.2, -0.15) is 4.98 Å². The molecule has 0 spiro atoms. The highest BCUT2D eigenvalue weighted by Crippen LogP contribution is 2.21. The van der Waals surface area contributed by atoms with Crippen LogP contribution in [0.4, 0.5) is 0 Å². The Hall–Kier alpha value is -2.15. The molecule has 0 aliphatic carbocycles. The molecule has 1 saturated heterocycles. The van der Waals surface area contributed by atoms with Crippen LogP contribution in [0.1, 0.15) is 28.1 Å². The zero-order chi connectivity index (χ0) is 16.2. The number of aromatic nitrogens is 2. The summed E-state index contributed by atoms with van der Waals surface area (Å²) in [5, 5.41) is 2.00. The van der Waals surface area contributed by atoms with Gasteiger partial charge in [-0.15, -0.1) is 11.3 Å². The van der Waals surface area contributed by atoms with Crippen molar-refractivity contribution in [3.05, 3.63) is 34.3 Å². The van der Waals surface area contributed by atoms with E-state index in [1.807, 2.05) is 23.3 Å². The number of nitrogens with zero attached hydrogens (tertiary/aromatic N) is 3. The fourth-order valence-electron chi connectivity index (χ4n) is 2.58. The van der Waals surface area contributed by atoms with E-state index in [2.05, 4.69) is 9.97 Å². The van der Waals surface area contributed by atoms with Gasteiger partial charge >= 0.3 is 0 Å². The Labute approximate surface area is 139 Å². The summed E-state index contributed by atoms with van der Waals surface area (Å²) in [5.74, 6) is 0.920. The first-order valence-corrected chi connectivity index (χ1v) is 8.41. The Bertz CT molecular complexity index is 689. The third-order valence-electron chi connectivity index (χ3n) is 3.69. The van der Waals surface area contributed by atoms with E-state index in [-0.39, 0.29) is 12.0 Å². The number of methoxy groups -OCH3 is 1. The van der Waals surface area contributed by atoms with Crippen LogP contribution in [0.25, 0.3) is 0 Å². The Morgan fingerprint density at radius 3 is 2.96 bits per heavy atom. The van der Waals surface area contributed by atoms with Crippen molar-refractivity contribution in [2.75, 3.05) is 20.2 Å². The summed E-state index contributed by atoms with van der Waals surface area (Å²) >= 11 is 1.49. The molecule has 1 fully saturated rings. The van der Waals surface area contributed by atoms with Crippen molar-refractivity contribution in [2.45, 2.75) is 25.9 Å². The molecule has 6 nitrogen and oxygen atoms in total. The molecular weight excluding hydrogens is 314 g/mol. The van der Waals surface area contributed by atoms with Gasteiger partial charge in [0.25, 0.3) is 5.91 Å². The summed E-state index contributed by atoms with van der Waals surface area (Å²) in [5.41, 5.74) is 1.12. The SMILES string of the molecule is COc1cncc(OC2CCCN(C(=O)c3cc(C)cs3)C2)n1. The van der Waals surface area contributed by atoms with Crippen molar-refractivity contribution < 1.29 is 14.3 Å². The van der Waals surface area contributed by atoms with Crippen LogP contribution in [0.5, 0.6) is 11.8 Å². The maximum atomic E-state index is 12.5. The van der Waals surface area contributed by atoms with E-state index in [1.165, 1.54) is 24.6 Å². The van der Waals surface area contributed by atoms with E-state index < -0.39 is 0 Å². The lowest BCUT2D eigenvalue weighted by atomic mass is 10.1. The molecule has 1 unspecified atom stereocenters. The van der Waals surface area contributed by atoms with Gasteiger partial charge in [0.15, 0.2) is 0 Å². The van der Waals surface area contributed by atoms with Crippen LogP contribution in [0.15, 0.2) is 23.8 Å². The highest BCUT2D eigenvalue weighted by molar-refractivity contribution is 7.12. The molecule has 2 aromatic rings. The number of thiophene rings is 1. The number of hydrogen-bond donors (Lipinski definition) is 0. The molecule has 1 aliphatic rings. The van der Waals surface area contributed by atoms with E-state index >= 15 is 0 Å². The molecule has 0 aromatic carbocycles. The van der Waals surface area contributed by atoms with Gasteiger partial charge < -0.3 is 14.4 Å². The quantitative estimate of drug-likeness (QED) is 0.860. The van der Waals surface area contributed by atoms with Gasteiger partial charge in [-0.25, -0.2) is 0 Å². The van der Waals surface area contributed by atoms with Gasteiger partial charge in [0, 0.05) is 6.54 Å². The zero-order valence-electron chi connectivity index (χ0n) is 13.2. The van der Waals surface area contributed by atoms with Crippen LogP contribution in [-0.4, -0.2) is 47.1 Å². The number of rotatable bonds is 4. The normalized spacial score (nSPS) is 17.8. The maximum absolute atomic E-state index is 12.5. The predicted octanol–water partition coefficient (Wildman–Crippen LogP) is 2.54. The van der Waals surface area contributed by atoms with Crippen LogP contribution in [0.3, 0.4) is 0 Å². The summed E-state index contributed by atoms with van der Waals surface area (Å²) < 4.78 is 10.9. The molecule has 7 heteroatoms. The lowest BCUT2D eigenvalue weighted by Crippen LogP contribution is -2.44. The minimum Gasteiger partial charge on any atom is -0.480 e. The minimum absolute atomic E-state index is 0.0739. The van der Waals surface area contributed by atoms with Gasteiger partial charge in [-0.1, -0.05) is 0 Å². The molecule has 0 bridgehead atoms. The standard InChI is InChI=1S/C16H19N3O3S/c1-11-6-13(23-10-11)16(20)19-5-3-4-12(9-19)22-15-8-17-7-14(18-15)21-2/h6-8,10,12H,3-5,9H2,1-2H3. The van der Waals surface area contributed by atoms with Crippen LogP contribution < -0.4 is 9.47 Å². The topological polar surface area (TPSA) is 64.6 Å². The summed E-state index contributed by atoms with van der Waals surface area (Å²) in [4.78, 5) is 23.4. The highest BCUT2D eigenvalue weighted by Gasteiger charge is 2.26. The summed E-state index contributed by atoms with van der Waals surface area (Å²) in [7, 11) is 1.54. The second-order valence-electron chi connectivity index (χ2n) is 5.52. The van der Waals surface area contributed by atoms with Crippen LogP contribution in [-0.2, 0) is 0 Å². The number of amides is 1. The molecule has 23 heavy (non-hydrogen) atoms. The van der Waals surface area contributed by atoms with Crippen molar-refractivity contribution in [3.8, 4) is 11.8 Å². The highest BCUT2D eigenvalue weighted by atomic mass is 32.1. The lowest BCUT2D eigenvalue weighted by molar-refractivity contribution is 0.0529. The van der Waals surface area contributed by atoms with Crippen LogP contribution in [0.2, 0.25) is 0 Å². The molecule has 1 atom stereocenters. The number of piperidine rings is 1. The number of hydrogen-bond acceptors (Lipinski definition) is 6. The van der Waals surface area contributed by atoms with Gasteiger partial charge in [-0.05, 0) is 36.8 Å². The molecular formula is C16H19N3O3S. The molecule has 122 valence electrons. The van der Waals surface area contributed by atoms with Crippen molar-refractivity contribution in [1.29, 1.82) is 0 Å². The monoisotopic (exact) mass is 333 g/mol. The van der Waals surface area contributed by atoms with E-state index in [1.54, 1.807) is 6.20 Å². The Morgan fingerprint density at radius 1 is 1.39 bits per heavy atom. The fraction of sp³-hybridized carbons (Fsp3) is 0.438. The van der Waals surface area contributed by atoms with Crippen molar-refractivity contribution in [2.24, 2.45) is 0 Å². The first-order valence-electron chi connectivity index (χ1n) is 7.53. The fourth-order valence-corrected chi connectivity index (χ4v) is 3.44. The maximum Gasteiger partial charge on any atom is 0.264 e. The first-order chi connectivity index (χ1) is 11.2. The van der Waals surface area contributed by atoms with Crippen LogP contribution >= 0.6 is 11.3 Å². The number of carbonyl (C=O) groups is 1. The third kappa shape index (κ3) is 3.79. The smallest absolute Gasteiger partial charge is 0.264 e. The average molecular weight is 333 g/mol. The second kappa shape index (κ2) is 6.95. The van der Waals surface area contributed by atoms with Gasteiger partial charge in [0.2, 0.25) is 11.8 Å². The van der Waals surface area contributed by atoms with E-state index in [0.29, 0.717) is 18.3 Å². The number of aryl methyl sites for hydroxylation is 1. The molecule has 1 amide bonds. The first kappa shape index (κ1) is 15.7. The van der Waals surface area contributed by atoms with E-state index in [4.69, 9.17) is 9.47 Å². The summed E-state index contributed by atoms with van der Waals surface area (Å²) in [6.07, 6.45) is 4.83. The zero-order valence-corrected chi connectivity index (χ0v) is 14.0. The van der Waals surface area contributed by atoms with Crippen LogP contribution in [0, 0.1) is 6.92 Å².